The Morgan fingerprint density at radius 2 is 1.83 bits per heavy atom. The van der Waals surface area contributed by atoms with E-state index in [2.05, 4.69) is 15.1 Å². The third-order valence-electron chi connectivity index (χ3n) is 4.97. The van der Waals surface area contributed by atoms with E-state index in [-0.39, 0.29) is 6.61 Å². The summed E-state index contributed by atoms with van der Waals surface area (Å²) in [5.74, 6) is 1.99. The SMILES string of the molecule is Cc1ccc(OCC(O)CSc2nnc(N3CCCC3)n2-c2ccccc2Cl)cc1. The average Bonchev–Trinajstić information content (AvgIpc) is 3.42. The van der Waals surface area contributed by atoms with Crippen LogP contribution in [0.3, 0.4) is 0 Å². The van der Waals surface area contributed by atoms with Gasteiger partial charge in [0.05, 0.1) is 16.8 Å². The van der Waals surface area contributed by atoms with Gasteiger partial charge in [0.1, 0.15) is 12.4 Å². The van der Waals surface area contributed by atoms with Crippen molar-refractivity contribution < 1.29 is 9.84 Å². The van der Waals surface area contributed by atoms with Crippen LogP contribution in [-0.4, -0.2) is 51.4 Å². The highest BCUT2D eigenvalue weighted by atomic mass is 35.5. The second kappa shape index (κ2) is 9.73. The summed E-state index contributed by atoms with van der Waals surface area (Å²) in [6, 6.07) is 15.5. The number of thioether (sulfide) groups is 1. The molecule has 0 amide bonds. The van der Waals surface area contributed by atoms with Crippen LogP contribution in [0.5, 0.6) is 5.75 Å². The number of hydrogen-bond acceptors (Lipinski definition) is 6. The fourth-order valence-electron chi connectivity index (χ4n) is 3.37. The minimum atomic E-state index is -0.636. The zero-order chi connectivity index (χ0) is 20.9. The summed E-state index contributed by atoms with van der Waals surface area (Å²) in [6.07, 6.45) is 1.66. The van der Waals surface area contributed by atoms with Crippen LogP contribution in [-0.2, 0) is 0 Å². The minimum Gasteiger partial charge on any atom is -0.491 e. The maximum atomic E-state index is 10.4. The maximum absolute atomic E-state index is 10.4. The van der Waals surface area contributed by atoms with Crippen molar-refractivity contribution in [2.24, 2.45) is 0 Å². The van der Waals surface area contributed by atoms with E-state index in [1.54, 1.807) is 0 Å². The first kappa shape index (κ1) is 21.0. The molecule has 2 aromatic carbocycles. The summed E-state index contributed by atoms with van der Waals surface area (Å²) in [4.78, 5) is 2.23. The highest BCUT2D eigenvalue weighted by molar-refractivity contribution is 7.99. The van der Waals surface area contributed by atoms with E-state index in [0.29, 0.717) is 15.9 Å². The van der Waals surface area contributed by atoms with E-state index in [4.69, 9.17) is 16.3 Å². The Kier molecular flexibility index (Phi) is 6.82. The standard InChI is InChI=1S/C22H25ClN4O2S/c1-16-8-10-18(11-9-16)29-14-17(28)15-30-22-25-24-21(26-12-4-5-13-26)27(22)20-7-3-2-6-19(20)23/h2-3,6-11,17,28H,4-5,12-15H2,1H3. The van der Waals surface area contributed by atoms with Gasteiger partial charge in [0.25, 0.3) is 0 Å². The first-order chi connectivity index (χ1) is 14.6. The molecule has 0 aliphatic carbocycles. The Balaban J connectivity index is 1.47. The lowest BCUT2D eigenvalue weighted by molar-refractivity contribution is 0.126. The van der Waals surface area contributed by atoms with Crippen molar-refractivity contribution in [2.45, 2.75) is 31.0 Å². The average molecular weight is 445 g/mol. The van der Waals surface area contributed by atoms with E-state index in [9.17, 15) is 5.11 Å². The van der Waals surface area contributed by atoms with Crippen LogP contribution in [0.25, 0.3) is 5.69 Å². The molecular formula is C22H25ClN4O2S. The van der Waals surface area contributed by atoms with Gasteiger partial charge in [0.15, 0.2) is 5.16 Å². The Bertz CT molecular complexity index is 974. The number of aliphatic hydroxyl groups is 1. The fourth-order valence-corrected chi connectivity index (χ4v) is 4.43. The quantitative estimate of drug-likeness (QED) is 0.521. The number of benzene rings is 2. The molecule has 1 saturated heterocycles. The number of nitrogens with zero attached hydrogens (tertiary/aromatic N) is 4. The molecule has 6 nitrogen and oxygen atoms in total. The molecule has 1 aromatic heterocycles. The van der Waals surface area contributed by atoms with Gasteiger partial charge < -0.3 is 14.7 Å². The summed E-state index contributed by atoms with van der Waals surface area (Å²) >= 11 is 7.93. The molecule has 0 bridgehead atoms. The lowest BCUT2D eigenvalue weighted by Gasteiger charge is -2.19. The van der Waals surface area contributed by atoms with Crippen molar-refractivity contribution in [3.63, 3.8) is 0 Å². The highest BCUT2D eigenvalue weighted by Crippen LogP contribution is 2.32. The van der Waals surface area contributed by atoms with Crippen LogP contribution >= 0.6 is 23.4 Å². The molecule has 8 heteroatoms. The molecule has 0 radical (unpaired) electrons. The monoisotopic (exact) mass is 444 g/mol. The Morgan fingerprint density at radius 1 is 1.10 bits per heavy atom. The lowest BCUT2D eigenvalue weighted by atomic mass is 10.2. The predicted molar refractivity (Wildman–Crippen MR) is 121 cm³/mol. The van der Waals surface area contributed by atoms with Gasteiger partial charge >= 0.3 is 0 Å². The van der Waals surface area contributed by atoms with E-state index in [1.165, 1.54) is 17.3 Å². The second-order valence-electron chi connectivity index (χ2n) is 7.35. The first-order valence-electron chi connectivity index (χ1n) is 10.1. The van der Waals surface area contributed by atoms with Crippen LogP contribution < -0.4 is 9.64 Å². The molecule has 3 aromatic rings. The predicted octanol–water partition coefficient (Wildman–Crippen LogP) is 4.36. The molecule has 1 aliphatic heterocycles. The Labute approximate surface area is 185 Å². The summed E-state index contributed by atoms with van der Waals surface area (Å²) in [5, 5.41) is 20.6. The number of aromatic nitrogens is 3. The van der Waals surface area contributed by atoms with Gasteiger partial charge in [-0.15, -0.1) is 10.2 Å². The topological polar surface area (TPSA) is 63.4 Å². The van der Waals surface area contributed by atoms with E-state index in [0.717, 1.165) is 43.3 Å². The van der Waals surface area contributed by atoms with Gasteiger partial charge in [0, 0.05) is 18.8 Å². The summed E-state index contributed by atoms with van der Waals surface area (Å²) < 4.78 is 7.69. The number of aryl methyl sites for hydroxylation is 1. The second-order valence-corrected chi connectivity index (χ2v) is 8.75. The van der Waals surface area contributed by atoms with Gasteiger partial charge in [-0.2, -0.15) is 0 Å². The molecule has 2 heterocycles. The van der Waals surface area contributed by atoms with Crippen LogP contribution in [0.2, 0.25) is 5.02 Å². The molecule has 1 atom stereocenters. The van der Waals surface area contributed by atoms with Gasteiger partial charge in [-0.1, -0.05) is 53.2 Å². The smallest absolute Gasteiger partial charge is 0.232 e. The first-order valence-corrected chi connectivity index (χ1v) is 11.4. The van der Waals surface area contributed by atoms with Crippen molar-refractivity contribution in [1.29, 1.82) is 0 Å². The third-order valence-corrected chi connectivity index (χ3v) is 6.36. The molecule has 30 heavy (non-hydrogen) atoms. The molecule has 1 aliphatic rings. The maximum Gasteiger partial charge on any atom is 0.232 e. The summed E-state index contributed by atoms with van der Waals surface area (Å²) in [7, 11) is 0. The number of para-hydroxylation sites is 1. The Hall–Kier alpha value is -2.22. The van der Waals surface area contributed by atoms with E-state index >= 15 is 0 Å². The van der Waals surface area contributed by atoms with Gasteiger partial charge in [-0.05, 0) is 44.0 Å². The third kappa shape index (κ3) is 4.91. The summed E-state index contributed by atoms with van der Waals surface area (Å²) in [5.41, 5.74) is 2.02. The van der Waals surface area contributed by atoms with Gasteiger partial charge in [-0.3, -0.25) is 4.57 Å². The molecular weight excluding hydrogens is 420 g/mol. The number of rotatable bonds is 8. The normalized spacial score (nSPS) is 14.8. The minimum absolute atomic E-state index is 0.218. The van der Waals surface area contributed by atoms with Crippen LogP contribution in [0.4, 0.5) is 5.95 Å². The number of anilines is 1. The van der Waals surface area contributed by atoms with Crippen molar-refractivity contribution in [3.8, 4) is 11.4 Å². The van der Waals surface area contributed by atoms with Crippen LogP contribution in [0.1, 0.15) is 18.4 Å². The molecule has 0 spiro atoms. The van der Waals surface area contributed by atoms with Crippen molar-refractivity contribution in [1.82, 2.24) is 14.8 Å². The Morgan fingerprint density at radius 3 is 2.57 bits per heavy atom. The highest BCUT2D eigenvalue weighted by Gasteiger charge is 2.24. The molecule has 1 fully saturated rings. The fraction of sp³-hybridized carbons (Fsp3) is 0.364. The van der Waals surface area contributed by atoms with Crippen molar-refractivity contribution in [2.75, 3.05) is 30.3 Å². The largest absolute Gasteiger partial charge is 0.491 e. The molecule has 4 rings (SSSR count). The number of ether oxygens (including phenoxy) is 1. The number of halogens is 1. The zero-order valence-corrected chi connectivity index (χ0v) is 18.4. The lowest BCUT2D eigenvalue weighted by Crippen LogP contribution is -2.22. The van der Waals surface area contributed by atoms with Gasteiger partial charge in [-0.25, -0.2) is 0 Å². The molecule has 1 unspecified atom stereocenters. The van der Waals surface area contributed by atoms with Crippen molar-refractivity contribution >= 4 is 29.3 Å². The number of hydrogen-bond donors (Lipinski definition) is 1. The summed E-state index contributed by atoms with van der Waals surface area (Å²) in [6.45, 7) is 4.16. The molecule has 1 N–H and O–H groups in total. The van der Waals surface area contributed by atoms with Crippen LogP contribution in [0.15, 0.2) is 53.7 Å². The van der Waals surface area contributed by atoms with E-state index < -0.39 is 6.10 Å². The number of aliphatic hydroxyl groups excluding tert-OH is 1. The van der Waals surface area contributed by atoms with Crippen molar-refractivity contribution in [3.05, 3.63) is 59.1 Å². The van der Waals surface area contributed by atoms with Gasteiger partial charge in [0.2, 0.25) is 5.95 Å². The van der Waals surface area contributed by atoms with E-state index in [1.807, 2.05) is 60.0 Å². The molecule has 158 valence electrons. The molecule has 0 saturated carbocycles. The zero-order valence-electron chi connectivity index (χ0n) is 16.9. The van der Waals surface area contributed by atoms with Crippen LogP contribution in [0, 0.1) is 6.92 Å².